The molecule has 1 aromatic carbocycles. The Morgan fingerprint density at radius 1 is 1.37 bits per heavy atom. The lowest BCUT2D eigenvalue weighted by molar-refractivity contribution is 0.0281. The van der Waals surface area contributed by atoms with E-state index in [1.54, 1.807) is 0 Å². The van der Waals surface area contributed by atoms with Crippen molar-refractivity contribution in [3.05, 3.63) is 35.6 Å². The van der Waals surface area contributed by atoms with Crippen LogP contribution in [0, 0.1) is 11.7 Å². The number of aliphatic hydroxyl groups is 1. The molecule has 0 unspecified atom stereocenters. The highest BCUT2D eigenvalue weighted by molar-refractivity contribution is 5.96. The van der Waals surface area contributed by atoms with Gasteiger partial charge in [-0.1, -0.05) is 0 Å². The monoisotopic (exact) mass is 265 g/mol. The van der Waals surface area contributed by atoms with Gasteiger partial charge in [0.15, 0.2) is 5.78 Å². The molecule has 0 aliphatic heterocycles. The first-order chi connectivity index (χ1) is 9.04. The van der Waals surface area contributed by atoms with Crippen LogP contribution in [0.4, 0.5) is 4.39 Å². The second kappa shape index (κ2) is 6.26. The van der Waals surface area contributed by atoms with Gasteiger partial charge in [0.05, 0.1) is 6.10 Å². The van der Waals surface area contributed by atoms with Crippen LogP contribution in [0.15, 0.2) is 24.3 Å². The van der Waals surface area contributed by atoms with Crippen LogP contribution in [-0.4, -0.2) is 42.0 Å². The summed E-state index contributed by atoms with van der Waals surface area (Å²) in [6.45, 7) is 1.62. The smallest absolute Gasteiger partial charge is 0.164 e. The summed E-state index contributed by atoms with van der Waals surface area (Å²) < 4.78 is 12.7. The molecule has 1 N–H and O–H groups in total. The van der Waals surface area contributed by atoms with Crippen LogP contribution in [-0.2, 0) is 0 Å². The predicted molar refractivity (Wildman–Crippen MR) is 71.6 cm³/mol. The lowest BCUT2D eigenvalue weighted by Crippen LogP contribution is -2.37. The van der Waals surface area contributed by atoms with Gasteiger partial charge < -0.3 is 10.0 Å². The van der Waals surface area contributed by atoms with Crippen molar-refractivity contribution in [3.63, 3.8) is 0 Å². The van der Waals surface area contributed by atoms with E-state index in [-0.39, 0.29) is 17.7 Å². The van der Waals surface area contributed by atoms with Gasteiger partial charge in [0.25, 0.3) is 0 Å². The van der Waals surface area contributed by atoms with Crippen molar-refractivity contribution < 1.29 is 14.3 Å². The molecule has 0 atom stereocenters. The number of aliphatic hydroxyl groups excluding tert-OH is 1. The maximum Gasteiger partial charge on any atom is 0.164 e. The fourth-order valence-electron chi connectivity index (χ4n) is 2.45. The van der Waals surface area contributed by atoms with E-state index < -0.39 is 0 Å². The third-order valence-electron chi connectivity index (χ3n) is 3.67. The summed E-state index contributed by atoms with van der Waals surface area (Å²) in [7, 11) is 1.99. The largest absolute Gasteiger partial charge is 0.393 e. The van der Waals surface area contributed by atoms with Crippen LogP contribution in [0.5, 0.6) is 0 Å². The minimum absolute atomic E-state index is 0.0421. The summed E-state index contributed by atoms with van der Waals surface area (Å²) in [6, 6.07) is 5.68. The Kier molecular flexibility index (Phi) is 4.66. The molecule has 1 aliphatic carbocycles. The molecule has 0 spiro atoms. The molecule has 0 amide bonds. The van der Waals surface area contributed by atoms with Gasteiger partial charge in [-0.2, -0.15) is 0 Å². The van der Waals surface area contributed by atoms with E-state index in [4.69, 9.17) is 0 Å². The Bertz CT molecular complexity index is 426. The zero-order valence-electron chi connectivity index (χ0n) is 11.2. The van der Waals surface area contributed by atoms with Crippen molar-refractivity contribution >= 4 is 5.78 Å². The molecule has 0 radical (unpaired) electrons. The molecule has 0 heterocycles. The number of halogens is 1. The number of nitrogens with zero attached hydrogens (tertiary/aromatic N) is 1. The van der Waals surface area contributed by atoms with Crippen molar-refractivity contribution in [2.45, 2.75) is 25.4 Å². The maximum absolute atomic E-state index is 12.7. The predicted octanol–water partition coefficient (Wildman–Crippen LogP) is 2.10. The van der Waals surface area contributed by atoms with Gasteiger partial charge in [-0.3, -0.25) is 4.79 Å². The lowest BCUT2D eigenvalue weighted by Gasteiger charge is -2.34. The van der Waals surface area contributed by atoms with Gasteiger partial charge in [0.1, 0.15) is 5.82 Å². The first kappa shape index (κ1) is 14.2. The number of ketones is 1. The van der Waals surface area contributed by atoms with Crippen molar-refractivity contribution in [1.29, 1.82) is 0 Å². The van der Waals surface area contributed by atoms with Crippen LogP contribution < -0.4 is 0 Å². The van der Waals surface area contributed by atoms with E-state index in [1.807, 2.05) is 7.05 Å². The molecule has 1 aromatic rings. The Balaban J connectivity index is 1.72. The van der Waals surface area contributed by atoms with E-state index in [0.29, 0.717) is 24.4 Å². The first-order valence-electron chi connectivity index (χ1n) is 6.70. The van der Waals surface area contributed by atoms with Gasteiger partial charge in [0.2, 0.25) is 0 Å². The molecule has 1 fully saturated rings. The van der Waals surface area contributed by atoms with Gasteiger partial charge in [-0.15, -0.1) is 0 Å². The highest BCUT2D eigenvalue weighted by Crippen LogP contribution is 2.27. The normalized spacial score (nSPS) is 22.3. The van der Waals surface area contributed by atoms with E-state index >= 15 is 0 Å². The second-order valence-corrected chi connectivity index (χ2v) is 5.43. The van der Waals surface area contributed by atoms with E-state index in [2.05, 4.69) is 4.90 Å². The summed E-state index contributed by atoms with van der Waals surface area (Å²) in [5.74, 6) is 0.277. The van der Waals surface area contributed by atoms with E-state index in [0.717, 1.165) is 19.4 Å². The zero-order valence-corrected chi connectivity index (χ0v) is 11.2. The molecular formula is C15H20FNO2. The number of carbonyl (C=O) groups excluding carboxylic acids is 1. The number of Topliss-reactive ketones (excluding diaryl/α,β-unsaturated/α-hetero) is 1. The minimum Gasteiger partial charge on any atom is -0.393 e. The zero-order chi connectivity index (χ0) is 13.8. The second-order valence-electron chi connectivity index (χ2n) is 5.43. The third-order valence-corrected chi connectivity index (χ3v) is 3.67. The van der Waals surface area contributed by atoms with E-state index in [1.165, 1.54) is 24.3 Å². The van der Waals surface area contributed by atoms with Crippen LogP contribution in [0.25, 0.3) is 0 Å². The molecular weight excluding hydrogens is 245 g/mol. The molecule has 0 bridgehead atoms. The molecule has 3 nitrogen and oxygen atoms in total. The van der Waals surface area contributed by atoms with Crippen LogP contribution in [0.1, 0.15) is 29.6 Å². The van der Waals surface area contributed by atoms with Crippen molar-refractivity contribution in [3.8, 4) is 0 Å². The fraction of sp³-hybridized carbons (Fsp3) is 0.533. The van der Waals surface area contributed by atoms with Gasteiger partial charge in [-0.25, -0.2) is 4.39 Å². The topological polar surface area (TPSA) is 40.5 Å². The van der Waals surface area contributed by atoms with Crippen molar-refractivity contribution in [2.24, 2.45) is 5.92 Å². The number of carbonyl (C=O) groups is 1. The lowest BCUT2D eigenvalue weighted by atomic mass is 9.82. The molecule has 4 heteroatoms. The molecule has 0 saturated heterocycles. The Hall–Kier alpha value is -1.26. The summed E-state index contributed by atoms with van der Waals surface area (Å²) in [6.07, 6.45) is 2.06. The molecule has 104 valence electrons. The summed E-state index contributed by atoms with van der Waals surface area (Å²) in [5.41, 5.74) is 0.564. The minimum atomic E-state index is -0.322. The van der Waals surface area contributed by atoms with Gasteiger partial charge in [0, 0.05) is 25.1 Å². The van der Waals surface area contributed by atoms with Crippen LogP contribution >= 0.6 is 0 Å². The van der Waals surface area contributed by atoms with Crippen LogP contribution in [0.3, 0.4) is 0 Å². The Labute approximate surface area is 113 Å². The summed E-state index contributed by atoms with van der Waals surface area (Å²) in [4.78, 5) is 14.0. The average molecular weight is 265 g/mol. The molecule has 1 aliphatic rings. The first-order valence-corrected chi connectivity index (χ1v) is 6.70. The number of rotatable bonds is 6. The standard InChI is InChI=1S/C15H20FNO2/c1-17(10-11-8-14(18)9-11)7-6-15(19)12-2-4-13(16)5-3-12/h2-5,11,14,18H,6-10H2,1H3. The highest BCUT2D eigenvalue weighted by Gasteiger charge is 2.27. The summed E-state index contributed by atoms with van der Waals surface area (Å²) in [5, 5.41) is 9.22. The fourth-order valence-corrected chi connectivity index (χ4v) is 2.45. The average Bonchev–Trinajstić information content (AvgIpc) is 2.35. The quantitative estimate of drug-likeness (QED) is 0.801. The van der Waals surface area contributed by atoms with Crippen molar-refractivity contribution in [2.75, 3.05) is 20.1 Å². The SMILES string of the molecule is CN(CCC(=O)c1ccc(F)cc1)CC1CC(O)C1. The summed E-state index contributed by atoms with van der Waals surface area (Å²) >= 11 is 0. The molecule has 2 rings (SSSR count). The number of hydrogen-bond donors (Lipinski definition) is 1. The molecule has 1 saturated carbocycles. The van der Waals surface area contributed by atoms with E-state index in [9.17, 15) is 14.3 Å². The highest BCUT2D eigenvalue weighted by atomic mass is 19.1. The van der Waals surface area contributed by atoms with Crippen molar-refractivity contribution in [1.82, 2.24) is 4.90 Å². The van der Waals surface area contributed by atoms with Crippen LogP contribution in [0.2, 0.25) is 0 Å². The number of hydrogen-bond acceptors (Lipinski definition) is 3. The van der Waals surface area contributed by atoms with Gasteiger partial charge >= 0.3 is 0 Å². The third kappa shape index (κ3) is 4.11. The maximum atomic E-state index is 12.7. The Morgan fingerprint density at radius 3 is 2.58 bits per heavy atom. The Morgan fingerprint density at radius 2 is 2.00 bits per heavy atom. The molecule has 19 heavy (non-hydrogen) atoms. The molecule has 0 aromatic heterocycles. The van der Waals surface area contributed by atoms with Gasteiger partial charge in [-0.05, 0) is 50.1 Å². The number of benzene rings is 1.